The van der Waals surface area contributed by atoms with E-state index in [2.05, 4.69) is 0 Å². The topological polar surface area (TPSA) is 87.0 Å². The normalized spacial score (nSPS) is 17.8. The summed E-state index contributed by atoms with van der Waals surface area (Å²) in [5.41, 5.74) is 3.72. The Hall–Kier alpha value is -4.52. The summed E-state index contributed by atoms with van der Waals surface area (Å²) in [6, 6.07) is 16.2. The van der Waals surface area contributed by atoms with Gasteiger partial charge in [0.05, 0.1) is 19.1 Å². The van der Waals surface area contributed by atoms with Crippen molar-refractivity contribution in [3.05, 3.63) is 88.8 Å². The minimum atomic E-state index is -0.430. The number of aryl methyl sites for hydroxylation is 1. The summed E-state index contributed by atoms with van der Waals surface area (Å²) in [4.78, 5) is 25.7. The second kappa shape index (κ2) is 7.77. The molecule has 35 heavy (non-hydrogen) atoms. The first-order valence-electron chi connectivity index (χ1n) is 11.2. The SMILES string of the molecule is COc1cc(C2CC(=O)Oc3ccc4c(c32)O/C(=C\c2cn(C)c3ccccc23)C4=O)ccc1O. The van der Waals surface area contributed by atoms with E-state index in [0.717, 1.165) is 22.0 Å². The molecule has 1 atom stereocenters. The zero-order chi connectivity index (χ0) is 24.3. The third-order valence-electron chi connectivity index (χ3n) is 6.60. The van der Waals surface area contributed by atoms with Crippen LogP contribution in [0.2, 0.25) is 0 Å². The summed E-state index contributed by atoms with van der Waals surface area (Å²) in [6.45, 7) is 0. The Morgan fingerprint density at radius 1 is 1.09 bits per heavy atom. The molecule has 0 aliphatic carbocycles. The molecule has 0 saturated heterocycles. The van der Waals surface area contributed by atoms with Crippen molar-refractivity contribution >= 4 is 28.7 Å². The highest BCUT2D eigenvalue weighted by atomic mass is 16.5. The summed E-state index contributed by atoms with van der Waals surface area (Å²) >= 11 is 0. The molecular formula is C28H21NO6. The van der Waals surface area contributed by atoms with Crippen LogP contribution in [0.3, 0.4) is 0 Å². The van der Waals surface area contributed by atoms with Crippen LogP contribution in [0.5, 0.6) is 23.0 Å². The average Bonchev–Trinajstić information content (AvgIpc) is 3.35. The number of esters is 1. The highest BCUT2D eigenvalue weighted by molar-refractivity contribution is 6.15. The van der Waals surface area contributed by atoms with Crippen LogP contribution in [0.4, 0.5) is 0 Å². The lowest BCUT2D eigenvalue weighted by Gasteiger charge is -2.26. The number of aromatic hydroxyl groups is 1. The number of phenolic OH excluding ortho intramolecular Hbond substituents is 1. The van der Waals surface area contributed by atoms with Crippen LogP contribution < -0.4 is 14.2 Å². The second-order valence-electron chi connectivity index (χ2n) is 8.67. The number of para-hydroxylation sites is 1. The Morgan fingerprint density at radius 3 is 2.74 bits per heavy atom. The van der Waals surface area contributed by atoms with Crippen LogP contribution in [0.25, 0.3) is 17.0 Å². The fraction of sp³-hybridized carbons (Fsp3) is 0.143. The Labute approximate surface area is 200 Å². The van der Waals surface area contributed by atoms with Crippen LogP contribution >= 0.6 is 0 Å². The maximum Gasteiger partial charge on any atom is 0.312 e. The van der Waals surface area contributed by atoms with Crippen LogP contribution in [0, 0.1) is 0 Å². The van der Waals surface area contributed by atoms with Gasteiger partial charge in [0.2, 0.25) is 5.78 Å². The van der Waals surface area contributed by atoms with E-state index >= 15 is 0 Å². The molecule has 1 unspecified atom stereocenters. The number of aromatic nitrogens is 1. The number of allylic oxidation sites excluding steroid dienone is 1. The molecule has 0 amide bonds. The Kier molecular flexibility index (Phi) is 4.67. The monoisotopic (exact) mass is 467 g/mol. The Morgan fingerprint density at radius 2 is 1.91 bits per heavy atom. The molecule has 174 valence electrons. The number of benzene rings is 3. The third-order valence-corrected chi connectivity index (χ3v) is 6.60. The number of methoxy groups -OCH3 is 1. The predicted molar refractivity (Wildman–Crippen MR) is 129 cm³/mol. The molecule has 1 aromatic heterocycles. The lowest BCUT2D eigenvalue weighted by Crippen LogP contribution is -2.21. The molecule has 1 N–H and O–H groups in total. The molecule has 0 radical (unpaired) electrons. The molecule has 7 nitrogen and oxygen atoms in total. The lowest BCUT2D eigenvalue weighted by molar-refractivity contribution is -0.135. The molecule has 2 aliphatic heterocycles. The number of nitrogens with zero attached hydrogens (tertiary/aromatic N) is 1. The van der Waals surface area contributed by atoms with Gasteiger partial charge in [-0.3, -0.25) is 9.59 Å². The molecule has 6 rings (SSSR count). The molecule has 0 fully saturated rings. The van der Waals surface area contributed by atoms with E-state index < -0.39 is 5.92 Å². The maximum absolute atomic E-state index is 13.3. The van der Waals surface area contributed by atoms with E-state index in [1.54, 1.807) is 30.3 Å². The van der Waals surface area contributed by atoms with Gasteiger partial charge in [-0.1, -0.05) is 24.3 Å². The number of rotatable bonds is 3. The van der Waals surface area contributed by atoms with Gasteiger partial charge in [-0.05, 0) is 42.0 Å². The van der Waals surface area contributed by atoms with Gasteiger partial charge in [0.25, 0.3) is 0 Å². The number of fused-ring (bicyclic) bond motifs is 4. The first-order valence-corrected chi connectivity index (χ1v) is 11.2. The van der Waals surface area contributed by atoms with Crippen LogP contribution in [0.1, 0.15) is 39.4 Å². The smallest absolute Gasteiger partial charge is 0.312 e. The van der Waals surface area contributed by atoms with E-state index in [1.807, 2.05) is 42.1 Å². The van der Waals surface area contributed by atoms with E-state index in [9.17, 15) is 14.7 Å². The van der Waals surface area contributed by atoms with Crippen molar-refractivity contribution in [1.29, 1.82) is 0 Å². The highest BCUT2D eigenvalue weighted by Crippen LogP contribution is 2.49. The molecule has 4 aromatic rings. The fourth-order valence-corrected chi connectivity index (χ4v) is 4.93. The van der Waals surface area contributed by atoms with Crippen molar-refractivity contribution in [2.75, 3.05) is 7.11 Å². The largest absolute Gasteiger partial charge is 0.504 e. The van der Waals surface area contributed by atoms with E-state index in [0.29, 0.717) is 28.4 Å². The van der Waals surface area contributed by atoms with Gasteiger partial charge in [-0.2, -0.15) is 0 Å². The van der Waals surface area contributed by atoms with Gasteiger partial charge in [0.15, 0.2) is 17.3 Å². The number of ketones is 1. The lowest BCUT2D eigenvalue weighted by atomic mass is 9.84. The predicted octanol–water partition coefficient (Wildman–Crippen LogP) is 4.95. The number of Topliss-reactive ketones (excluding diaryl/α,β-unsaturated/α-hetero) is 1. The van der Waals surface area contributed by atoms with Gasteiger partial charge in [-0.15, -0.1) is 0 Å². The van der Waals surface area contributed by atoms with Crippen LogP contribution in [-0.2, 0) is 11.8 Å². The molecule has 3 aromatic carbocycles. The molecule has 0 bridgehead atoms. The zero-order valence-corrected chi connectivity index (χ0v) is 19.1. The molecule has 7 heteroatoms. The van der Waals surface area contributed by atoms with Crippen LogP contribution in [-0.4, -0.2) is 28.5 Å². The minimum Gasteiger partial charge on any atom is -0.504 e. The first-order chi connectivity index (χ1) is 16.9. The van der Waals surface area contributed by atoms with Crippen molar-refractivity contribution in [2.45, 2.75) is 12.3 Å². The van der Waals surface area contributed by atoms with Gasteiger partial charge in [0.1, 0.15) is 11.5 Å². The number of hydrogen-bond donors (Lipinski definition) is 1. The summed E-state index contributed by atoms with van der Waals surface area (Å²) in [5, 5.41) is 11.0. The summed E-state index contributed by atoms with van der Waals surface area (Å²) in [6.07, 6.45) is 3.78. The summed E-state index contributed by atoms with van der Waals surface area (Å²) < 4.78 is 18.9. The van der Waals surface area contributed by atoms with E-state index in [4.69, 9.17) is 14.2 Å². The Bertz CT molecular complexity index is 1580. The van der Waals surface area contributed by atoms with E-state index in [1.165, 1.54) is 13.2 Å². The van der Waals surface area contributed by atoms with Gasteiger partial charge in [-0.25, -0.2) is 0 Å². The number of carbonyl (C=O) groups excluding carboxylic acids is 2. The Balaban J connectivity index is 1.47. The van der Waals surface area contributed by atoms with Crippen molar-refractivity contribution in [1.82, 2.24) is 4.57 Å². The summed E-state index contributed by atoms with van der Waals surface area (Å²) in [5.74, 6) is 0.216. The second-order valence-corrected chi connectivity index (χ2v) is 8.67. The molecule has 0 spiro atoms. The zero-order valence-electron chi connectivity index (χ0n) is 19.1. The van der Waals surface area contributed by atoms with Gasteiger partial charge < -0.3 is 23.9 Å². The summed E-state index contributed by atoms with van der Waals surface area (Å²) in [7, 11) is 3.42. The molecule has 2 aliphatic rings. The van der Waals surface area contributed by atoms with Crippen molar-refractivity contribution in [3.63, 3.8) is 0 Å². The average molecular weight is 467 g/mol. The first kappa shape index (κ1) is 21.0. The third kappa shape index (κ3) is 3.27. The van der Waals surface area contributed by atoms with Crippen molar-refractivity contribution in [3.8, 4) is 23.0 Å². The molecule has 0 saturated carbocycles. The number of carbonyl (C=O) groups is 2. The fourth-order valence-electron chi connectivity index (χ4n) is 4.93. The standard InChI is InChI=1S/C28H21NO6/c1-29-14-16(17-5-3-4-6-20(17)29)12-24-27(32)18-8-10-22-26(28(18)35-24)19(13-25(31)34-22)15-7-9-21(30)23(11-15)33-2/h3-12,14,19,30H,13H2,1-2H3/b24-12-. The number of phenols is 1. The maximum atomic E-state index is 13.3. The minimum absolute atomic E-state index is 0.000106. The highest BCUT2D eigenvalue weighted by Gasteiger charge is 2.38. The number of ether oxygens (including phenoxy) is 3. The van der Waals surface area contributed by atoms with Gasteiger partial charge in [0, 0.05) is 41.2 Å². The van der Waals surface area contributed by atoms with Crippen LogP contribution in [0.15, 0.2) is 66.6 Å². The quantitative estimate of drug-likeness (QED) is 0.261. The van der Waals surface area contributed by atoms with Crippen molar-refractivity contribution in [2.24, 2.45) is 7.05 Å². The van der Waals surface area contributed by atoms with E-state index in [-0.39, 0.29) is 29.7 Å². The number of hydrogen-bond acceptors (Lipinski definition) is 6. The van der Waals surface area contributed by atoms with Gasteiger partial charge >= 0.3 is 5.97 Å². The molecule has 3 heterocycles. The van der Waals surface area contributed by atoms with Crippen molar-refractivity contribution < 1.29 is 28.9 Å². The molecular weight excluding hydrogens is 446 g/mol.